The minimum Gasteiger partial charge on any atom is -0.478 e. The molecule has 8 nitrogen and oxygen atoms in total. The van der Waals surface area contributed by atoms with Crippen LogP contribution >= 0.6 is 0 Å². The lowest BCUT2D eigenvalue weighted by Gasteiger charge is -2.17. The smallest absolute Gasteiger partial charge is 0.417 e. The van der Waals surface area contributed by atoms with E-state index < -0.39 is 40.8 Å². The molecule has 0 spiro atoms. The minimum atomic E-state index is -4.95. The number of amides is 3. The van der Waals surface area contributed by atoms with Gasteiger partial charge in [-0.1, -0.05) is 0 Å². The van der Waals surface area contributed by atoms with E-state index in [4.69, 9.17) is 5.11 Å². The molecule has 3 N–H and O–H groups in total. The van der Waals surface area contributed by atoms with Crippen LogP contribution < -0.4 is 10.6 Å². The quantitative estimate of drug-likeness (QED) is 0.597. The van der Waals surface area contributed by atoms with E-state index >= 15 is 0 Å². The first-order valence-corrected chi connectivity index (χ1v) is 8.35. The number of hydrogen-bond acceptors (Lipinski definition) is 5. The number of carbonyl (C=O) groups is 3. The van der Waals surface area contributed by atoms with E-state index in [-0.39, 0.29) is 11.3 Å². The van der Waals surface area contributed by atoms with Crippen molar-refractivity contribution in [2.24, 2.45) is 0 Å². The van der Waals surface area contributed by atoms with Crippen LogP contribution in [0.4, 0.5) is 23.7 Å². The highest BCUT2D eigenvalue weighted by molar-refractivity contribution is 6.09. The lowest BCUT2D eigenvalue weighted by atomic mass is 9.99. The molecular weight excluding hydrogens is 405 g/mol. The molecule has 3 aromatic rings. The number of nitrogens with one attached hydrogen (secondary N) is 2. The number of aromatic carboxylic acids is 1. The van der Waals surface area contributed by atoms with Crippen molar-refractivity contribution in [1.82, 2.24) is 15.3 Å². The minimum absolute atomic E-state index is 0.0899. The van der Waals surface area contributed by atoms with Crippen molar-refractivity contribution in [2.75, 3.05) is 5.32 Å². The van der Waals surface area contributed by atoms with Crippen molar-refractivity contribution < 1.29 is 32.7 Å². The second kappa shape index (κ2) is 7.78. The number of anilines is 1. The van der Waals surface area contributed by atoms with Gasteiger partial charge in [0.15, 0.2) is 0 Å². The maximum atomic E-state index is 13.3. The van der Waals surface area contributed by atoms with Crippen LogP contribution in [0.15, 0.2) is 42.7 Å². The van der Waals surface area contributed by atoms with Crippen molar-refractivity contribution in [2.45, 2.75) is 13.1 Å². The van der Waals surface area contributed by atoms with E-state index in [2.05, 4.69) is 15.3 Å². The van der Waals surface area contributed by atoms with Crippen LogP contribution in [0.5, 0.6) is 0 Å². The summed E-state index contributed by atoms with van der Waals surface area (Å²) in [6, 6.07) is 5.01. The maximum Gasteiger partial charge on any atom is 0.417 e. The zero-order valence-electron chi connectivity index (χ0n) is 15.2. The molecule has 2 aromatic carbocycles. The SMILES string of the molecule is Cc1c(NC(=O)NC(=O)c2ccc3nccnc3c2)ccc(C(=O)O)c1C(F)(F)F. The van der Waals surface area contributed by atoms with Gasteiger partial charge in [-0.2, -0.15) is 13.2 Å². The van der Waals surface area contributed by atoms with Gasteiger partial charge in [0, 0.05) is 23.6 Å². The Balaban J connectivity index is 1.81. The predicted octanol–water partition coefficient (Wildman–Crippen LogP) is 3.62. The first kappa shape index (κ1) is 20.7. The lowest BCUT2D eigenvalue weighted by molar-refractivity contribution is -0.138. The van der Waals surface area contributed by atoms with Crippen molar-refractivity contribution in [3.8, 4) is 0 Å². The maximum absolute atomic E-state index is 13.3. The standard InChI is InChI=1S/C19H13F3N4O4/c1-9-12(5-3-11(17(28)29)15(9)19(20,21)22)25-18(30)26-16(27)10-2-4-13-14(8-10)24-7-6-23-13/h2-8H,1H3,(H,28,29)(H2,25,26,27,30). The summed E-state index contributed by atoms with van der Waals surface area (Å²) in [5.74, 6) is -2.56. The van der Waals surface area contributed by atoms with Gasteiger partial charge in [-0.05, 0) is 42.8 Å². The van der Waals surface area contributed by atoms with Gasteiger partial charge in [-0.15, -0.1) is 0 Å². The Bertz CT molecular complexity index is 1180. The molecule has 0 saturated carbocycles. The van der Waals surface area contributed by atoms with Gasteiger partial charge >= 0.3 is 18.2 Å². The van der Waals surface area contributed by atoms with E-state index in [9.17, 15) is 27.6 Å². The molecule has 0 aliphatic rings. The first-order chi connectivity index (χ1) is 14.1. The number of carboxylic acids is 1. The van der Waals surface area contributed by atoms with E-state index in [0.717, 1.165) is 19.1 Å². The summed E-state index contributed by atoms with van der Waals surface area (Å²) in [4.78, 5) is 43.6. The molecule has 11 heteroatoms. The third-order valence-electron chi connectivity index (χ3n) is 4.19. The fourth-order valence-corrected chi connectivity index (χ4v) is 2.82. The van der Waals surface area contributed by atoms with Gasteiger partial charge in [0.1, 0.15) is 0 Å². The first-order valence-electron chi connectivity index (χ1n) is 8.35. The number of carbonyl (C=O) groups excluding carboxylic acids is 2. The van der Waals surface area contributed by atoms with Crippen LogP contribution in [0.3, 0.4) is 0 Å². The van der Waals surface area contributed by atoms with Crippen molar-refractivity contribution in [1.29, 1.82) is 0 Å². The Morgan fingerprint density at radius 1 is 1.00 bits per heavy atom. The Morgan fingerprint density at radius 3 is 2.30 bits per heavy atom. The normalized spacial score (nSPS) is 11.2. The number of halogens is 3. The van der Waals surface area contributed by atoms with Gasteiger partial charge < -0.3 is 10.4 Å². The Hall–Kier alpha value is -4.02. The molecule has 154 valence electrons. The van der Waals surface area contributed by atoms with Crippen LogP contribution in [-0.2, 0) is 6.18 Å². The molecule has 0 atom stereocenters. The second-order valence-electron chi connectivity index (χ2n) is 6.13. The summed E-state index contributed by atoms with van der Waals surface area (Å²) >= 11 is 0. The van der Waals surface area contributed by atoms with Gasteiger partial charge in [0.05, 0.1) is 22.2 Å². The fraction of sp³-hybridized carbons (Fsp3) is 0.105. The molecule has 0 radical (unpaired) electrons. The number of benzene rings is 2. The summed E-state index contributed by atoms with van der Waals surface area (Å²) in [6.45, 7) is 1.02. The molecule has 0 unspecified atom stereocenters. The molecule has 1 aromatic heterocycles. The third kappa shape index (κ3) is 4.19. The molecule has 30 heavy (non-hydrogen) atoms. The molecule has 0 bridgehead atoms. The van der Waals surface area contributed by atoms with Crippen LogP contribution in [0, 0.1) is 6.92 Å². The number of aromatic nitrogens is 2. The topological polar surface area (TPSA) is 121 Å². The van der Waals surface area contributed by atoms with Gasteiger partial charge in [0.25, 0.3) is 5.91 Å². The summed E-state index contributed by atoms with van der Waals surface area (Å²) in [5.41, 5.74) is -2.07. The molecule has 0 fully saturated rings. The molecule has 0 aliphatic heterocycles. The van der Waals surface area contributed by atoms with E-state index in [1.54, 1.807) is 0 Å². The number of rotatable bonds is 3. The van der Waals surface area contributed by atoms with Crippen molar-refractivity contribution >= 4 is 34.6 Å². The monoisotopic (exact) mass is 418 g/mol. The summed E-state index contributed by atoms with van der Waals surface area (Å²) < 4.78 is 39.9. The van der Waals surface area contributed by atoms with E-state index in [1.165, 1.54) is 30.6 Å². The van der Waals surface area contributed by atoms with Crippen molar-refractivity contribution in [3.63, 3.8) is 0 Å². The number of fused-ring (bicyclic) bond motifs is 1. The predicted molar refractivity (Wildman–Crippen MR) is 99.2 cm³/mol. The number of carboxylic acid groups (broad SMARTS) is 1. The fourth-order valence-electron chi connectivity index (χ4n) is 2.82. The number of hydrogen-bond donors (Lipinski definition) is 3. The molecular formula is C19H13F3N4O4. The van der Waals surface area contributed by atoms with Gasteiger partial charge in [-0.3, -0.25) is 20.1 Å². The van der Waals surface area contributed by atoms with Gasteiger partial charge in [0.2, 0.25) is 0 Å². The Morgan fingerprint density at radius 2 is 1.67 bits per heavy atom. The highest BCUT2D eigenvalue weighted by Gasteiger charge is 2.38. The summed E-state index contributed by atoms with van der Waals surface area (Å²) in [5, 5.41) is 13.1. The van der Waals surface area contributed by atoms with Crippen LogP contribution in [0.2, 0.25) is 0 Å². The highest BCUT2D eigenvalue weighted by Crippen LogP contribution is 2.37. The Kier molecular flexibility index (Phi) is 5.37. The molecule has 3 rings (SSSR count). The molecule has 3 amide bonds. The number of nitrogens with zero attached hydrogens (tertiary/aromatic N) is 2. The molecule has 0 saturated heterocycles. The molecule has 1 heterocycles. The van der Waals surface area contributed by atoms with E-state index in [1.807, 2.05) is 5.32 Å². The number of alkyl halides is 3. The Labute approximate surface area is 166 Å². The summed E-state index contributed by atoms with van der Waals surface area (Å²) in [7, 11) is 0. The number of urea groups is 1. The average molecular weight is 418 g/mol. The van der Waals surface area contributed by atoms with Crippen LogP contribution in [0.25, 0.3) is 11.0 Å². The largest absolute Gasteiger partial charge is 0.478 e. The average Bonchev–Trinajstić information content (AvgIpc) is 2.67. The van der Waals surface area contributed by atoms with Crippen LogP contribution in [-0.4, -0.2) is 33.0 Å². The second-order valence-corrected chi connectivity index (χ2v) is 6.13. The summed E-state index contributed by atoms with van der Waals surface area (Å²) in [6.07, 6.45) is -2.05. The zero-order valence-corrected chi connectivity index (χ0v) is 15.2. The highest BCUT2D eigenvalue weighted by atomic mass is 19.4. The molecule has 0 aliphatic carbocycles. The zero-order chi connectivity index (χ0) is 22.1. The van der Waals surface area contributed by atoms with Crippen LogP contribution in [0.1, 0.15) is 31.8 Å². The van der Waals surface area contributed by atoms with Gasteiger partial charge in [-0.25, -0.2) is 9.59 Å². The number of imide groups is 1. The van der Waals surface area contributed by atoms with Crippen molar-refractivity contribution in [3.05, 3.63) is 65.0 Å². The third-order valence-corrected chi connectivity index (χ3v) is 4.19. The lowest BCUT2D eigenvalue weighted by Crippen LogP contribution is -2.34. The van der Waals surface area contributed by atoms with E-state index in [0.29, 0.717) is 11.0 Å².